The van der Waals surface area contributed by atoms with E-state index in [0.29, 0.717) is 49.7 Å². The van der Waals surface area contributed by atoms with E-state index in [1.165, 1.54) is 0 Å². The van der Waals surface area contributed by atoms with E-state index in [1.54, 1.807) is 29.2 Å². The normalized spacial score (nSPS) is 20.0. The number of nitrogen functional groups attached to an aromatic ring is 1. The highest BCUT2D eigenvalue weighted by Gasteiger charge is 2.41. The molecule has 0 aliphatic carbocycles. The van der Waals surface area contributed by atoms with Crippen LogP contribution in [-0.4, -0.2) is 47.9 Å². The van der Waals surface area contributed by atoms with Gasteiger partial charge in [0.05, 0.1) is 24.3 Å². The van der Waals surface area contributed by atoms with Crippen molar-refractivity contribution in [2.75, 3.05) is 32.0 Å². The van der Waals surface area contributed by atoms with Crippen molar-refractivity contribution in [3.63, 3.8) is 0 Å². The van der Waals surface area contributed by atoms with Gasteiger partial charge < -0.3 is 20.1 Å². The lowest BCUT2D eigenvalue weighted by atomic mass is 10.0. The van der Waals surface area contributed by atoms with E-state index < -0.39 is 5.79 Å². The van der Waals surface area contributed by atoms with Crippen LogP contribution < -0.4 is 5.73 Å². The minimum atomic E-state index is -0.502. The average Bonchev–Trinajstić information content (AvgIpc) is 3.03. The maximum absolute atomic E-state index is 12.8. The smallest absolute Gasteiger partial charge is 0.257 e. The monoisotopic (exact) mass is 347 g/mol. The summed E-state index contributed by atoms with van der Waals surface area (Å²) in [5, 5.41) is 1.40. The van der Waals surface area contributed by atoms with Crippen molar-refractivity contribution in [1.29, 1.82) is 0 Å². The molecule has 2 aliphatic heterocycles. The zero-order valence-corrected chi connectivity index (χ0v) is 13.9. The number of nitrogens with zero attached hydrogens (tertiary/aromatic N) is 2. The second kappa shape index (κ2) is 5.88. The number of halogens is 1. The van der Waals surface area contributed by atoms with Crippen molar-refractivity contribution in [1.82, 2.24) is 9.88 Å². The molecule has 1 amide bonds. The molecule has 126 valence electrons. The molecule has 0 unspecified atom stereocenters. The van der Waals surface area contributed by atoms with Gasteiger partial charge in [0.25, 0.3) is 5.91 Å². The number of anilines is 1. The van der Waals surface area contributed by atoms with Gasteiger partial charge in [-0.25, -0.2) is 4.98 Å². The maximum atomic E-state index is 12.8. The second-order valence-corrected chi connectivity index (χ2v) is 6.59. The summed E-state index contributed by atoms with van der Waals surface area (Å²) < 4.78 is 11.4. The van der Waals surface area contributed by atoms with Crippen LogP contribution in [0.2, 0.25) is 5.02 Å². The van der Waals surface area contributed by atoms with Crippen molar-refractivity contribution in [2.45, 2.75) is 18.6 Å². The molecule has 4 rings (SSSR count). The molecule has 2 aliphatic rings. The Morgan fingerprint density at radius 2 is 1.92 bits per heavy atom. The minimum Gasteiger partial charge on any atom is -0.383 e. The molecule has 6 nitrogen and oxygen atoms in total. The van der Waals surface area contributed by atoms with Crippen LogP contribution in [0.15, 0.2) is 24.3 Å². The van der Waals surface area contributed by atoms with Gasteiger partial charge in [-0.3, -0.25) is 4.79 Å². The molecular formula is C17H18ClN3O3. The highest BCUT2D eigenvalue weighted by Crippen LogP contribution is 2.32. The van der Waals surface area contributed by atoms with E-state index in [2.05, 4.69) is 4.98 Å². The topological polar surface area (TPSA) is 77.7 Å². The van der Waals surface area contributed by atoms with Crippen molar-refractivity contribution in [2.24, 2.45) is 0 Å². The fourth-order valence-corrected chi connectivity index (χ4v) is 3.52. The van der Waals surface area contributed by atoms with E-state index >= 15 is 0 Å². The molecule has 0 saturated carbocycles. The number of aromatic nitrogens is 1. The van der Waals surface area contributed by atoms with Crippen LogP contribution in [0.1, 0.15) is 23.2 Å². The molecule has 2 N–H and O–H groups in total. The van der Waals surface area contributed by atoms with Crippen LogP contribution in [0.3, 0.4) is 0 Å². The lowest BCUT2D eigenvalue weighted by molar-refractivity contribution is -0.181. The Hall–Kier alpha value is -1.89. The van der Waals surface area contributed by atoms with Gasteiger partial charge in [0.1, 0.15) is 5.82 Å². The zero-order chi connectivity index (χ0) is 16.7. The van der Waals surface area contributed by atoms with Crippen LogP contribution >= 0.6 is 11.6 Å². The Morgan fingerprint density at radius 1 is 1.21 bits per heavy atom. The third kappa shape index (κ3) is 2.70. The summed E-state index contributed by atoms with van der Waals surface area (Å²) in [6.07, 6.45) is 1.34. The van der Waals surface area contributed by atoms with Crippen molar-refractivity contribution < 1.29 is 14.3 Å². The predicted octanol–water partition coefficient (Wildman–Crippen LogP) is 2.45. The van der Waals surface area contributed by atoms with Gasteiger partial charge in [-0.1, -0.05) is 11.6 Å². The first-order chi connectivity index (χ1) is 11.6. The van der Waals surface area contributed by atoms with E-state index in [9.17, 15) is 4.79 Å². The SMILES string of the molecule is Nc1nc2ccc(Cl)cc2cc1C(=O)N1CCC2(CC1)OCCO2. The summed E-state index contributed by atoms with van der Waals surface area (Å²) in [4.78, 5) is 18.9. The minimum absolute atomic E-state index is 0.116. The Bertz CT molecular complexity index is 795. The number of carbonyl (C=O) groups is 1. The molecule has 2 fully saturated rings. The Morgan fingerprint density at radius 3 is 2.62 bits per heavy atom. The van der Waals surface area contributed by atoms with Crippen LogP contribution in [0.4, 0.5) is 5.82 Å². The Kier molecular flexibility index (Phi) is 3.83. The Labute approximate surface area is 144 Å². The predicted molar refractivity (Wildman–Crippen MR) is 90.9 cm³/mol. The third-order valence-corrected chi connectivity index (χ3v) is 4.90. The molecule has 3 heterocycles. The van der Waals surface area contributed by atoms with E-state index in [4.69, 9.17) is 26.8 Å². The number of benzene rings is 1. The number of likely N-dealkylation sites (tertiary alicyclic amines) is 1. The quantitative estimate of drug-likeness (QED) is 0.857. The van der Waals surface area contributed by atoms with Gasteiger partial charge in [0.15, 0.2) is 5.79 Å². The lowest BCUT2D eigenvalue weighted by Gasteiger charge is -2.37. The van der Waals surface area contributed by atoms with Crippen molar-refractivity contribution in [3.05, 3.63) is 34.9 Å². The molecule has 0 bridgehead atoms. The van der Waals surface area contributed by atoms with Gasteiger partial charge >= 0.3 is 0 Å². The fraction of sp³-hybridized carbons (Fsp3) is 0.412. The van der Waals surface area contributed by atoms with Crippen molar-refractivity contribution >= 4 is 34.2 Å². The molecule has 1 aromatic carbocycles. The summed E-state index contributed by atoms with van der Waals surface area (Å²) >= 11 is 6.03. The number of fused-ring (bicyclic) bond motifs is 1. The van der Waals surface area contributed by atoms with E-state index in [-0.39, 0.29) is 11.7 Å². The summed E-state index contributed by atoms with van der Waals surface area (Å²) in [5.41, 5.74) is 7.14. The molecule has 0 radical (unpaired) electrons. The molecule has 1 spiro atoms. The molecular weight excluding hydrogens is 330 g/mol. The largest absolute Gasteiger partial charge is 0.383 e. The molecule has 0 atom stereocenters. The lowest BCUT2D eigenvalue weighted by Crippen LogP contribution is -2.47. The summed E-state index contributed by atoms with van der Waals surface area (Å²) in [6, 6.07) is 7.09. The summed E-state index contributed by atoms with van der Waals surface area (Å²) in [5.74, 6) is -0.379. The molecule has 2 saturated heterocycles. The number of carbonyl (C=O) groups excluding carboxylic acids is 1. The van der Waals surface area contributed by atoms with Gasteiger partial charge in [-0.15, -0.1) is 0 Å². The van der Waals surface area contributed by atoms with E-state index in [0.717, 1.165) is 10.9 Å². The average molecular weight is 348 g/mol. The second-order valence-electron chi connectivity index (χ2n) is 6.16. The number of hydrogen-bond donors (Lipinski definition) is 1. The van der Waals surface area contributed by atoms with E-state index in [1.807, 2.05) is 0 Å². The molecule has 24 heavy (non-hydrogen) atoms. The first kappa shape index (κ1) is 15.6. The number of piperidine rings is 1. The fourth-order valence-electron chi connectivity index (χ4n) is 3.34. The molecule has 2 aromatic rings. The maximum Gasteiger partial charge on any atom is 0.257 e. The summed E-state index contributed by atoms with van der Waals surface area (Å²) in [6.45, 7) is 2.39. The zero-order valence-electron chi connectivity index (χ0n) is 13.1. The molecule has 7 heteroatoms. The third-order valence-electron chi connectivity index (χ3n) is 4.66. The molecule has 1 aromatic heterocycles. The number of rotatable bonds is 1. The first-order valence-corrected chi connectivity index (χ1v) is 8.37. The summed E-state index contributed by atoms with van der Waals surface area (Å²) in [7, 11) is 0. The Balaban J connectivity index is 1.58. The number of hydrogen-bond acceptors (Lipinski definition) is 5. The van der Waals surface area contributed by atoms with Crippen LogP contribution in [0.25, 0.3) is 10.9 Å². The highest BCUT2D eigenvalue weighted by molar-refractivity contribution is 6.31. The van der Waals surface area contributed by atoms with Crippen LogP contribution in [-0.2, 0) is 9.47 Å². The first-order valence-electron chi connectivity index (χ1n) is 7.99. The van der Waals surface area contributed by atoms with Gasteiger partial charge in [0.2, 0.25) is 0 Å². The van der Waals surface area contributed by atoms with Crippen molar-refractivity contribution in [3.8, 4) is 0 Å². The number of nitrogens with two attached hydrogens (primary N) is 1. The van der Waals surface area contributed by atoms with Gasteiger partial charge in [-0.2, -0.15) is 0 Å². The number of pyridine rings is 1. The standard InChI is InChI=1S/C17H18ClN3O3/c18-12-1-2-14-11(9-12)10-13(15(19)20-14)16(22)21-5-3-17(4-6-21)23-7-8-24-17/h1-2,9-10H,3-8H2,(H2,19,20). The van der Waals surface area contributed by atoms with Gasteiger partial charge in [-0.05, 0) is 24.3 Å². The number of ether oxygens (including phenoxy) is 2. The highest BCUT2D eigenvalue weighted by atomic mass is 35.5. The van der Waals surface area contributed by atoms with Gasteiger partial charge in [0, 0.05) is 36.3 Å². The number of amides is 1. The van der Waals surface area contributed by atoms with Crippen LogP contribution in [0, 0.1) is 0 Å². The van der Waals surface area contributed by atoms with Crippen LogP contribution in [0.5, 0.6) is 0 Å².